The van der Waals surface area contributed by atoms with E-state index in [9.17, 15) is 4.79 Å². The number of hydrogen-bond donors (Lipinski definition) is 0. The van der Waals surface area contributed by atoms with Crippen LogP contribution in [0, 0.1) is 11.8 Å². The third-order valence-electron chi connectivity index (χ3n) is 4.99. The zero-order valence-electron chi connectivity index (χ0n) is 12.4. The Balaban J connectivity index is 1.84. The second-order valence-corrected chi connectivity index (χ2v) is 7.75. The van der Waals surface area contributed by atoms with E-state index in [0.29, 0.717) is 11.8 Å². The van der Waals surface area contributed by atoms with Crippen molar-refractivity contribution in [2.24, 2.45) is 11.8 Å². The smallest absolute Gasteiger partial charge is 0.186 e. The molecule has 1 heterocycles. The highest BCUT2D eigenvalue weighted by Gasteiger charge is 2.44. The normalized spacial score (nSPS) is 27.4. The number of hydrogen-bond acceptors (Lipinski definition) is 3. The third kappa shape index (κ3) is 2.37. The Morgan fingerprint density at radius 3 is 3.05 bits per heavy atom. The van der Waals surface area contributed by atoms with Crippen LogP contribution in [0.5, 0.6) is 0 Å². The van der Waals surface area contributed by atoms with Gasteiger partial charge >= 0.3 is 0 Å². The second-order valence-electron chi connectivity index (χ2n) is 6.60. The fourth-order valence-electron chi connectivity index (χ4n) is 3.96. The van der Waals surface area contributed by atoms with Crippen LogP contribution in [-0.4, -0.2) is 10.9 Å². The molecular formula is C17H22O2S. The Morgan fingerprint density at radius 2 is 2.30 bits per heavy atom. The zero-order chi connectivity index (χ0) is 14.3. The maximum Gasteiger partial charge on any atom is 0.186 e. The van der Waals surface area contributed by atoms with Gasteiger partial charge in [-0.3, -0.25) is 4.79 Å². The summed E-state index contributed by atoms with van der Waals surface area (Å²) in [6.07, 6.45) is 7.65. The molecule has 0 radical (unpaired) electrons. The number of carbonyl (C=O) groups is 1. The van der Waals surface area contributed by atoms with Crippen molar-refractivity contribution < 1.29 is 9.21 Å². The van der Waals surface area contributed by atoms with Crippen LogP contribution in [0.3, 0.4) is 0 Å². The van der Waals surface area contributed by atoms with Crippen molar-refractivity contribution in [2.45, 2.75) is 45.4 Å². The van der Waals surface area contributed by atoms with Crippen molar-refractivity contribution >= 4 is 16.9 Å². The summed E-state index contributed by atoms with van der Waals surface area (Å²) >= 11 is 1.43. The first kappa shape index (κ1) is 14.0. The van der Waals surface area contributed by atoms with E-state index in [1.54, 1.807) is 6.92 Å². The summed E-state index contributed by atoms with van der Waals surface area (Å²) in [6, 6.07) is 2.15. The highest BCUT2D eigenvalue weighted by molar-refractivity contribution is 8.13. The number of furan rings is 1. The van der Waals surface area contributed by atoms with Crippen molar-refractivity contribution in [1.82, 2.24) is 0 Å². The number of fused-ring (bicyclic) bond motifs is 2. The number of allylic oxidation sites excluding steroid dienone is 1. The van der Waals surface area contributed by atoms with E-state index >= 15 is 0 Å². The highest BCUT2D eigenvalue weighted by atomic mass is 32.2. The molecule has 1 aromatic heterocycles. The molecule has 0 amide bonds. The van der Waals surface area contributed by atoms with E-state index in [0.717, 1.165) is 24.4 Å². The molecule has 0 unspecified atom stereocenters. The lowest BCUT2D eigenvalue weighted by Crippen LogP contribution is -2.40. The standard InChI is InChI=1S/C17H22O2S/c1-11(18)20-10-12-4-5-14-13(8-12)9-16-15(6-7-19-16)17(14,2)3/h6-8,13-14H,4-5,9-10H2,1-3H3/t13-,14+/m0/s1. The molecule has 0 saturated carbocycles. The fourth-order valence-corrected chi connectivity index (χ4v) is 4.58. The molecule has 20 heavy (non-hydrogen) atoms. The molecule has 2 nitrogen and oxygen atoms in total. The minimum Gasteiger partial charge on any atom is -0.469 e. The molecule has 0 fully saturated rings. The molecule has 3 heteroatoms. The Labute approximate surface area is 125 Å². The van der Waals surface area contributed by atoms with Gasteiger partial charge in [-0.05, 0) is 41.7 Å². The van der Waals surface area contributed by atoms with Crippen molar-refractivity contribution in [2.75, 3.05) is 5.75 Å². The first-order chi connectivity index (χ1) is 9.48. The van der Waals surface area contributed by atoms with Crippen molar-refractivity contribution in [3.8, 4) is 0 Å². The molecule has 3 rings (SSSR count). The Bertz CT molecular complexity index is 553. The summed E-state index contributed by atoms with van der Waals surface area (Å²) in [7, 11) is 0. The molecule has 0 saturated heterocycles. The lowest BCUT2D eigenvalue weighted by molar-refractivity contribution is -0.109. The largest absolute Gasteiger partial charge is 0.469 e. The quantitative estimate of drug-likeness (QED) is 0.759. The van der Waals surface area contributed by atoms with Gasteiger partial charge in [0.05, 0.1) is 6.26 Å². The van der Waals surface area contributed by atoms with Crippen LogP contribution in [-0.2, 0) is 16.6 Å². The highest BCUT2D eigenvalue weighted by Crippen LogP contribution is 2.49. The average Bonchev–Trinajstić information content (AvgIpc) is 2.85. The predicted molar refractivity (Wildman–Crippen MR) is 82.9 cm³/mol. The van der Waals surface area contributed by atoms with Crippen LogP contribution in [0.1, 0.15) is 44.9 Å². The number of carbonyl (C=O) groups excluding carboxylic acids is 1. The molecule has 0 bridgehead atoms. The molecule has 1 aromatic rings. The van der Waals surface area contributed by atoms with Crippen LogP contribution in [0.4, 0.5) is 0 Å². The number of thioether (sulfide) groups is 1. The Morgan fingerprint density at radius 1 is 1.50 bits per heavy atom. The maximum absolute atomic E-state index is 11.1. The molecule has 108 valence electrons. The molecule has 2 aliphatic carbocycles. The van der Waals surface area contributed by atoms with E-state index in [2.05, 4.69) is 26.0 Å². The minimum absolute atomic E-state index is 0.195. The monoisotopic (exact) mass is 290 g/mol. The third-order valence-corrected chi connectivity index (χ3v) is 5.91. The molecule has 0 spiro atoms. The maximum atomic E-state index is 11.1. The summed E-state index contributed by atoms with van der Waals surface area (Å²) in [5.41, 5.74) is 3.03. The van der Waals surface area contributed by atoms with Crippen LogP contribution >= 0.6 is 11.8 Å². The molecule has 2 atom stereocenters. The molecule has 0 N–H and O–H groups in total. The van der Waals surface area contributed by atoms with E-state index in [1.165, 1.54) is 29.3 Å². The van der Waals surface area contributed by atoms with Gasteiger partial charge in [0.2, 0.25) is 0 Å². The first-order valence-corrected chi connectivity index (χ1v) is 8.37. The Hall–Kier alpha value is -0.960. The SMILES string of the molecule is CC(=O)SCC1=C[C@H]2Cc3occc3C(C)(C)[C@@H]2CC1. The van der Waals surface area contributed by atoms with Crippen LogP contribution in [0.2, 0.25) is 0 Å². The van der Waals surface area contributed by atoms with Crippen LogP contribution < -0.4 is 0 Å². The zero-order valence-corrected chi connectivity index (χ0v) is 13.3. The van der Waals surface area contributed by atoms with E-state index in [1.807, 2.05) is 6.26 Å². The fraction of sp³-hybridized carbons (Fsp3) is 0.588. The van der Waals surface area contributed by atoms with Gasteiger partial charge in [0.25, 0.3) is 0 Å². The van der Waals surface area contributed by atoms with Gasteiger partial charge in [-0.15, -0.1) is 0 Å². The van der Waals surface area contributed by atoms with Crippen molar-refractivity contribution in [3.05, 3.63) is 35.3 Å². The summed E-state index contributed by atoms with van der Waals surface area (Å²) in [5.74, 6) is 3.29. The van der Waals surface area contributed by atoms with Gasteiger partial charge in [0.1, 0.15) is 5.76 Å². The van der Waals surface area contributed by atoms with Gasteiger partial charge in [-0.1, -0.05) is 37.3 Å². The number of rotatable bonds is 2. The van der Waals surface area contributed by atoms with Gasteiger partial charge in [-0.2, -0.15) is 0 Å². The first-order valence-electron chi connectivity index (χ1n) is 7.38. The summed E-state index contributed by atoms with van der Waals surface area (Å²) < 4.78 is 5.69. The second kappa shape index (κ2) is 5.10. The topological polar surface area (TPSA) is 30.2 Å². The van der Waals surface area contributed by atoms with E-state index in [-0.39, 0.29) is 10.5 Å². The van der Waals surface area contributed by atoms with Crippen molar-refractivity contribution in [3.63, 3.8) is 0 Å². The van der Waals surface area contributed by atoms with Crippen LogP contribution in [0.15, 0.2) is 28.4 Å². The van der Waals surface area contributed by atoms with Gasteiger partial charge in [0.15, 0.2) is 5.12 Å². The van der Waals surface area contributed by atoms with Crippen molar-refractivity contribution in [1.29, 1.82) is 0 Å². The van der Waals surface area contributed by atoms with Crippen LogP contribution in [0.25, 0.3) is 0 Å². The average molecular weight is 290 g/mol. The Kier molecular flexibility index (Phi) is 3.57. The van der Waals surface area contributed by atoms with E-state index in [4.69, 9.17) is 4.42 Å². The van der Waals surface area contributed by atoms with E-state index < -0.39 is 0 Å². The summed E-state index contributed by atoms with van der Waals surface area (Å²) in [5, 5.41) is 0.213. The minimum atomic E-state index is 0.195. The molecule has 0 aliphatic heterocycles. The lowest BCUT2D eigenvalue weighted by atomic mass is 9.59. The van der Waals surface area contributed by atoms with Gasteiger partial charge in [0, 0.05) is 19.1 Å². The summed E-state index contributed by atoms with van der Waals surface area (Å²) in [6.45, 7) is 6.35. The molecule has 2 aliphatic rings. The molecule has 0 aromatic carbocycles. The predicted octanol–water partition coefficient (Wildman–Crippen LogP) is 4.35. The summed E-state index contributed by atoms with van der Waals surface area (Å²) in [4.78, 5) is 11.1. The van der Waals surface area contributed by atoms with Gasteiger partial charge in [-0.25, -0.2) is 0 Å². The lowest BCUT2D eigenvalue weighted by Gasteiger charge is -2.45. The van der Waals surface area contributed by atoms with Gasteiger partial charge < -0.3 is 4.42 Å². The molecular weight excluding hydrogens is 268 g/mol.